The van der Waals surface area contributed by atoms with Gasteiger partial charge in [0.05, 0.1) is 5.69 Å². The number of benzene rings is 1. The lowest BCUT2D eigenvalue weighted by Crippen LogP contribution is -1.97. The Kier molecular flexibility index (Phi) is 5.50. The van der Waals surface area contributed by atoms with Gasteiger partial charge in [-0.3, -0.25) is 4.99 Å². The Hall–Kier alpha value is -1.70. The highest BCUT2D eigenvalue weighted by Gasteiger charge is 2.01. The smallest absolute Gasteiger partial charge is 0.0664 e. The first-order chi connectivity index (χ1) is 8.52. The van der Waals surface area contributed by atoms with Crippen LogP contribution < -0.4 is 0 Å². The first kappa shape index (κ1) is 14.4. The quantitative estimate of drug-likeness (QED) is 0.720. The van der Waals surface area contributed by atoms with E-state index in [0.29, 0.717) is 5.92 Å². The molecule has 0 heterocycles. The van der Waals surface area contributed by atoms with E-state index in [1.807, 2.05) is 12.1 Å². The third-order valence-corrected chi connectivity index (χ3v) is 2.63. The Morgan fingerprint density at radius 1 is 1.39 bits per heavy atom. The molecule has 96 valence electrons. The van der Waals surface area contributed by atoms with Crippen molar-refractivity contribution in [3.05, 3.63) is 35.4 Å². The van der Waals surface area contributed by atoms with Gasteiger partial charge in [-0.1, -0.05) is 32.1 Å². The molecule has 1 N–H and O–H groups in total. The Morgan fingerprint density at radius 2 is 2.11 bits per heavy atom. The van der Waals surface area contributed by atoms with E-state index in [1.165, 1.54) is 17.5 Å². The van der Waals surface area contributed by atoms with Crippen molar-refractivity contribution >= 4 is 23.7 Å². The van der Waals surface area contributed by atoms with Gasteiger partial charge in [0.2, 0.25) is 0 Å². The van der Waals surface area contributed by atoms with Crippen LogP contribution in [0.4, 0.5) is 5.69 Å². The van der Waals surface area contributed by atoms with Gasteiger partial charge < -0.3 is 5.41 Å². The van der Waals surface area contributed by atoms with Crippen LogP contribution in [0.5, 0.6) is 0 Å². The normalized spacial score (nSPS) is 12.4. The highest BCUT2D eigenvalue weighted by Crippen LogP contribution is 2.22. The van der Waals surface area contributed by atoms with E-state index in [4.69, 9.17) is 10.4 Å². The molecule has 0 aliphatic heterocycles. The zero-order chi connectivity index (χ0) is 13.5. The molecule has 1 aromatic rings. The van der Waals surface area contributed by atoms with Crippen LogP contribution in [0, 0.1) is 18.3 Å². The maximum absolute atomic E-state index is 7.00. The van der Waals surface area contributed by atoms with Crippen LogP contribution in [-0.2, 0) is 0 Å². The summed E-state index contributed by atoms with van der Waals surface area (Å²) >= 11 is 0. The number of hydrogen-bond acceptors (Lipinski definition) is 2. The minimum absolute atomic E-state index is 0.634. The first-order valence-corrected chi connectivity index (χ1v) is 6.35. The van der Waals surface area contributed by atoms with Gasteiger partial charge in [-0.15, -0.1) is 0 Å². The topological polar surface area (TPSA) is 36.2 Å². The minimum atomic E-state index is 0.634. The highest BCUT2D eigenvalue weighted by atomic mass is 14.7. The van der Waals surface area contributed by atoms with Crippen molar-refractivity contribution in [1.29, 1.82) is 5.41 Å². The fourth-order valence-electron chi connectivity index (χ4n) is 1.85. The number of hydrogen-bond donors (Lipinski definition) is 1. The molecule has 0 unspecified atom stereocenters. The zero-order valence-electron chi connectivity index (χ0n) is 11.7. The molecule has 18 heavy (non-hydrogen) atoms. The zero-order valence-corrected chi connectivity index (χ0v) is 11.7. The van der Waals surface area contributed by atoms with Crippen molar-refractivity contribution in [2.75, 3.05) is 0 Å². The van der Waals surface area contributed by atoms with E-state index >= 15 is 0 Å². The molecular weight excluding hydrogens is 220 g/mol. The van der Waals surface area contributed by atoms with Gasteiger partial charge in [-0.05, 0) is 49.5 Å². The molecule has 0 aliphatic rings. The van der Waals surface area contributed by atoms with Crippen LogP contribution in [0.1, 0.15) is 38.3 Å². The summed E-state index contributed by atoms with van der Waals surface area (Å²) in [5.41, 5.74) is 4.46. The number of nitrogens with one attached hydrogen (secondary N) is 1. The van der Waals surface area contributed by atoms with Gasteiger partial charge in [0.15, 0.2) is 0 Å². The summed E-state index contributed by atoms with van der Waals surface area (Å²) in [6.45, 7) is 8.56. The SMILES string of the molecule is C/C(CC(C)C)=N\c1cc(/C=C/C=N)ccc1C. The molecule has 0 bridgehead atoms. The third kappa shape index (κ3) is 4.66. The molecule has 0 aliphatic carbocycles. The van der Waals surface area contributed by atoms with E-state index in [9.17, 15) is 0 Å². The van der Waals surface area contributed by atoms with Gasteiger partial charge in [-0.25, -0.2) is 0 Å². The molecule has 0 atom stereocenters. The summed E-state index contributed by atoms with van der Waals surface area (Å²) in [5, 5.41) is 7.00. The lowest BCUT2D eigenvalue weighted by atomic mass is 10.1. The van der Waals surface area contributed by atoms with Crippen LogP contribution in [-0.4, -0.2) is 11.9 Å². The molecular formula is C16H22N2. The minimum Gasteiger partial charge on any atom is -0.309 e. The second-order valence-electron chi connectivity index (χ2n) is 5.02. The summed E-state index contributed by atoms with van der Waals surface area (Å²) in [7, 11) is 0. The second kappa shape index (κ2) is 6.90. The maximum Gasteiger partial charge on any atom is 0.0664 e. The molecule has 0 amide bonds. The van der Waals surface area contributed by atoms with E-state index in [0.717, 1.165) is 17.7 Å². The Labute approximate surface area is 110 Å². The van der Waals surface area contributed by atoms with Crippen LogP contribution in [0.15, 0.2) is 29.3 Å². The Bertz CT molecular complexity index is 468. The van der Waals surface area contributed by atoms with Crippen LogP contribution in [0.25, 0.3) is 6.08 Å². The van der Waals surface area contributed by atoms with Crippen LogP contribution in [0.2, 0.25) is 0 Å². The molecule has 0 radical (unpaired) electrons. The monoisotopic (exact) mass is 242 g/mol. The summed E-state index contributed by atoms with van der Waals surface area (Å²) < 4.78 is 0. The lowest BCUT2D eigenvalue weighted by Gasteiger charge is -2.06. The maximum atomic E-state index is 7.00. The van der Waals surface area contributed by atoms with E-state index in [1.54, 1.807) is 6.08 Å². The largest absolute Gasteiger partial charge is 0.309 e. The van der Waals surface area contributed by atoms with Gasteiger partial charge >= 0.3 is 0 Å². The standard InChI is InChI=1S/C16H22N2/c1-12(2)10-14(4)18-16-11-15(6-5-9-17)8-7-13(16)3/h5-9,11-12,17H,10H2,1-4H3/b6-5+,17-9?,18-14+. The van der Waals surface area contributed by atoms with Crippen molar-refractivity contribution in [3.63, 3.8) is 0 Å². The van der Waals surface area contributed by atoms with Crippen LogP contribution >= 0.6 is 0 Å². The number of allylic oxidation sites excluding steroid dienone is 1. The van der Waals surface area contributed by atoms with Crippen molar-refractivity contribution in [2.24, 2.45) is 10.9 Å². The van der Waals surface area contributed by atoms with Gasteiger partial charge in [-0.2, -0.15) is 0 Å². The van der Waals surface area contributed by atoms with E-state index in [2.05, 4.69) is 39.8 Å². The average Bonchev–Trinajstić information content (AvgIpc) is 2.29. The molecule has 0 saturated heterocycles. The first-order valence-electron chi connectivity index (χ1n) is 6.35. The Morgan fingerprint density at radius 3 is 2.72 bits per heavy atom. The van der Waals surface area contributed by atoms with E-state index in [-0.39, 0.29) is 0 Å². The van der Waals surface area contributed by atoms with Crippen molar-refractivity contribution < 1.29 is 0 Å². The lowest BCUT2D eigenvalue weighted by molar-refractivity contribution is 0.682. The van der Waals surface area contributed by atoms with E-state index < -0.39 is 0 Å². The molecule has 0 spiro atoms. The summed E-state index contributed by atoms with van der Waals surface area (Å²) in [6, 6.07) is 6.19. The van der Waals surface area contributed by atoms with Crippen molar-refractivity contribution in [2.45, 2.75) is 34.1 Å². The predicted octanol–water partition coefficient (Wildman–Crippen LogP) is 4.80. The van der Waals surface area contributed by atoms with Gasteiger partial charge in [0.1, 0.15) is 0 Å². The summed E-state index contributed by atoms with van der Waals surface area (Å²) in [5.74, 6) is 0.634. The molecule has 0 fully saturated rings. The Balaban J connectivity index is 3.00. The highest BCUT2D eigenvalue weighted by molar-refractivity contribution is 5.85. The summed E-state index contributed by atoms with van der Waals surface area (Å²) in [4.78, 5) is 4.69. The molecule has 1 rings (SSSR count). The fraction of sp³-hybridized carbons (Fsp3) is 0.375. The van der Waals surface area contributed by atoms with Crippen molar-refractivity contribution in [1.82, 2.24) is 0 Å². The molecule has 0 aromatic heterocycles. The molecule has 2 nitrogen and oxygen atoms in total. The second-order valence-corrected chi connectivity index (χ2v) is 5.02. The molecule has 1 aromatic carbocycles. The average molecular weight is 242 g/mol. The van der Waals surface area contributed by atoms with Crippen molar-refractivity contribution in [3.8, 4) is 0 Å². The fourth-order valence-corrected chi connectivity index (χ4v) is 1.85. The molecule has 2 heteroatoms. The number of nitrogens with zero attached hydrogens (tertiary/aromatic N) is 1. The number of aryl methyl sites for hydroxylation is 1. The summed E-state index contributed by atoms with van der Waals surface area (Å²) in [6.07, 6.45) is 5.95. The number of aliphatic imine (C=N–C) groups is 1. The molecule has 0 saturated carbocycles. The number of rotatable bonds is 5. The van der Waals surface area contributed by atoms with Gasteiger partial charge in [0, 0.05) is 11.9 Å². The third-order valence-electron chi connectivity index (χ3n) is 2.63. The predicted molar refractivity (Wildman–Crippen MR) is 81.2 cm³/mol. The van der Waals surface area contributed by atoms with Crippen LogP contribution in [0.3, 0.4) is 0 Å². The van der Waals surface area contributed by atoms with Gasteiger partial charge in [0.25, 0.3) is 0 Å².